The van der Waals surface area contributed by atoms with Crippen molar-refractivity contribution in [3.05, 3.63) is 33.6 Å². The van der Waals surface area contributed by atoms with Gasteiger partial charge in [0.1, 0.15) is 0 Å². The predicted octanol–water partition coefficient (Wildman–Crippen LogP) is 1.97. The second kappa shape index (κ2) is 6.37. The van der Waals surface area contributed by atoms with Crippen LogP contribution in [0.25, 0.3) is 11.3 Å². The molecule has 8 heteroatoms. The van der Waals surface area contributed by atoms with Crippen LogP contribution in [-0.2, 0) is 11.8 Å². The quantitative estimate of drug-likeness (QED) is 0.546. The fraction of sp³-hybridized carbons (Fsp3) is 0.389. The maximum absolute atomic E-state index is 12.8. The molecule has 0 unspecified atom stereocenters. The molecule has 0 saturated heterocycles. The Morgan fingerprint density at radius 1 is 1.35 bits per heavy atom. The first-order chi connectivity index (χ1) is 12.1. The zero-order chi connectivity index (χ0) is 19.2. The maximum atomic E-state index is 12.8. The minimum Gasteiger partial charge on any atom is -0.478 e. The Labute approximate surface area is 154 Å². The average molecular weight is 376 g/mol. The van der Waals surface area contributed by atoms with Crippen LogP contribution < -0.4 is 5.32 Å². The number of carbonyl (C=O) groups excluding carboxylic acids is 2. The number of Topliss-reactive ketones (excluding diaryl/α,β-unsaturated/α-hetero) is 1. The number of rotatable bonds is 5. The Morgan fingerprint density at radius 3 is 2.50 bits per heavy atom. The van der Waals surface area contributed by atoms with Crippen LogP contribution in [0.3, 0.4) is 0 Å². The van der Waals surface area contributed by atoms with Crippen LogP contribution in [0, 0.1) is 6.92 Å². The number of hydrogen-bond acceptors (Lipinski definition) is 5. The van der Waals surface area contributed by atoms with Gasteiger partial charge in [0.2, 0.25) is 0 Å². The van der Waals surface area contributed by atoms with Gasteiger partial charge in [0.25, 0.3) is 11.7 Å². The molecule has 0 spiro atoms. The first-order valence-electron chi connectivity index (χ1n) is 8.14. The summed E-state index contributed by atoms with van der Waals surface area (Å²) in [5.74, 6) is -2.72. The number of carbonyl (C=O) groups is 3. The minimum absolute atomic E-state index is 0.0207. The summed E-state index contributed by atoms with van der Waals surface area (Å²) in [5.41, 5.74) is 0.818. The average Bonchev–Trinajstić information content (AvgIpc) is 3.11. The van der Waals surface area contributed by atoms with Crippen LogP contribution >= 0.6 is 11.3 Å². The van der Waals surface area contributed by atoms with Gasteiger partial charge in [0, 0.05) is 23.5 Å². The number of aliphatic hydroxyl groups is 1. The molecule has 2 heterocycles. The third-order valence-electron chi connectivity index (χ3n) is 4.86. The molecule has 1 fully saturated rings. The van der Waals surface area contributed by atoms with Crippen LogP contribution in [-0.4, -0.2) is 44.1 Å². The number of carboxylic acids is 1. The molecule has 0 aromatic carbocycles. The van der Waals surface area contributed by atoms with E-state index in [1.807, 2.05) is 5.38 Å². The Morgan fingerprint density at radius 2 is 2.00 bits per heavy atom. The van der Waals surface area contributed by atoms with Crippen LogP contribution in [0.4, 0.5) is 0 Å². The number of thiophene rings is 1. The predicted molar refractivity (Wildman–Crippen MR) is 96.5 cm³/mol. The van der Waals surface area contributed by atoms with E-state index >= 15 is 0 Å². The number of aromatic carboxylic acids is 1. The van der Waals surface area contributed by atoms with Crippen LogP contribution in [0.5, 0.6) is 0 Å². The largest absolute Gasteiger partial charge is 0.478 e. The second-order valence-corrected chi connectivity index (χ2v) is 7.76. The maximum Gasteiger partial charge on any atom is 0.338 e. The molecule has 1 aliphatic carbocycles. The molecule has 26 heavy (non-hydrogen) atoms. The Bertz CT molecular complexity index is 891. The van der Waals surface area contributed by atoms with E-state index in [1.165, 1.54) is 22.8 Å². The summed E-state index contributed by atoms with van der Waals surface area (Å²) in [5, 5.41) is 25.3. The molecule has 0 bridgehead atoms. The zero-order valence-corrected chi connectivity index (χ0v) is 15.5. The highest BCUT2D eigenvalue weighted by molar-refractivity contribution is 7.08. The van der Waals surface area contributed by atoms with Crippen LogP contribution in [0.1, 0.15) is 46.2 Å². The van der Waals surface area contributed by atoms with E-state index < -0.39 is 29.3 Å². The summed E-state index contributed by atoms with van der Waals surface area (Å²) in [4.78, 5) is 37.0. The smallest absolute Gasteiger partial charge is 0.338 e. The van der Waals surface area contributed by atoms with Crippen LogP contribution in [0.15, 0.2) is 16.8 Å². The Hall–Kier alpha value is -2.45. The number of amides is 1. The molecule has 3 N–H and O–H groups in total. The number of nitrogens with one attached hydrogen (secondary N) is 1. The highest BCUT2D eigenvalue weighted by atomic mass is 32.1. The number of hydrogen-bond donors (Lipinski definition) is 3. The highest BCUT2D eigenvalue weighted by Gasteiger charge is 2.42. The lowest BCUT2D eigenvalue weighted by molar-refractivity contribution is -0.121. The summed E-state index contributed by atoms with van der Waals surface area (Å²) in [6, 6.07) is 1.77. The van der Waals surface area contributed by atoms with E-state index in [0.29, 0.717) is 24.1 Å². The van der Waals surface area contributed by atoms with Gasteiger partial charge < -0.3 is 20.1 Å². The van der Waals surface area contributed by atoms with E-state index in [9.17, 15) is 24.6 Å². The molecule has 138 valence electrons. The van der Waals surface area contributed by atoms with Crippen molar-refractivity contribution in [2.24, 2.45) is 7.05 Å². The minimum atomic E-state index is -1.15. The third kappa shape index (κ3) is 2.95. The standard InChI is InChI=1S/C18H20N2O5S/c1-9-12(17(24)25)14(10-4-5-26-8-10)20(3)13(9)15(22)16(23)19-18(2)6-11(21)7-18/h4-5,8,11,21H,6-7H2,1-3H3,(H,19,23)(H,24,25). The summed E-state index contributed by atoms with van der Waals surface area (Å²) >= 11 is 1.42. The fourth-order valence-electron chi connectivity index (χ4n) is 3.67. The van der Waals surface area contributed by atoms with Gasteiger partial charge in [-0.3, -0.25) is 9.59 Å². The van der Waals surface area contributed by atoms with Gasteiger partial charge in [-0.25, -0.2) is 4.79 Å². The first kappa shape index (κ1) is 18.3. The molecule has 0 radical (unpaired) electrons. The molecule has 1 amide bonds. The molecule has 1 aliphatic rings. The van der Waals surface area contributed by atoms with Gasteiger partial charge in [-0.15, -0.1) is 0 Å². The van der Waals surface area contributed by atoms with Crippen molar-refractivity contribution in [1.29, 1.82) is 0 Å². The molecular formula is C18H20N2O5S. The van der Waals surface area contributed by atoms with Crippen molar-refractivity contribution >= 4 is 29.0 Å². The van der Waals surface area contributed by atoms with E-state index in [4.69, 9.17) is 0 Å². The van der Waals surface area contributed by atoms with E-state index in [-0.39, 0.29) is 16.8 Å². The molecular weight excluding hydrogens is 356 g/mol. The Kier molecular flexibility index (Phi) is 4.49. The van der Waals surface area contributed by atoms with Gasteiger partial charge in [-0.05, 0) is 43.7 Å². The van der Waals surface area contributed by atoms with Gasteiger partial charge in [0.05, 0.1) is 23.1 Å². The number of nitrogens with zero attached hydrogens (tertiary/aromatic N) is 1. The number of aromatic nitrogens is 1. The van der Waals surface area contributed by atoms with Gasteiger partial charge in [0.15, 0.2) is 0 Å². The monoisotopic (exact) mass is 376 g/mol. The number of aliphatic hydroxyl groups excluding tert-OH is 1. The number of carboxylic acid groups (broad SMARTS) is 1. The van der Waals surface area contributed by atoms with E-state index in [0.717, 1.165) is 0 Å². The zero-order valence-electron chi connectivity index (χ0n) is 14.7. The normalized spacial score (nSPS) is 21.9. The topological polar surface area (TPSA) is 109 Å². The van der Waals surface area contributed by atoms with E-state index in [1.54, 1.807) is 25.4 Å². The van der Waals surface area contributed by atoms with Crippen molar-refractivity contribution in [1.82, 2.24) is 9.88 Å². The summed E-state index contributed by atoms with van der Waals surface area (Å²) in [6.45, 7) is 3.30. The van der Waals surface area contributed by atoms with Crippen LogP contribution in [0.2, 0.25) is 0 Å². The SMILES string of the molecule is Cc1c(C(=O)O)c(-c2ccsc2)n(C)c1C(=O)C(=O)NC1(C)CC(O)C1. The summed E-state index contributed by atoms with van der Waals surface area (Å²) < 4.78 is 1.47. The third-order valence-corrected chi connectivity index (χ3v) is 5.54. The van der Waals surface area contributed by atoms with Crippen molar-refractivity contribution in [3.63, 3.8) is 0 Å². The van der Waals surface area contributed by atoms with Crippen molar-refractivity contribution in [2.75, 3.05) is 0 Å². The number of ketones is 1. The lowest BCUT2D eigenvalue weighted by Crippen LogP contribution is -2.58. The highest BCUT2D eigenvalue weighted by Crippen LogP contribution is 2.34. The molecule has 3 rings (SSSR count). The molecule has 1 saturated carbocycles. The fourth-order valence-corrected chi connectivity index (χ4v) is 4.31. The Balaban J connectivity index is 2.00. The molecule has 0 aliphatic heterocycles. The van der Waals surface area contributed by atoms with Gasteiger partial charge in [-0.2, -0.15) is 11.3 Å². The van der Waals surface area contributed by atoms with Crippen molar-refractivity contribution < 1.29 is 24.6 Å². The van der Waals surface area contributed by atoms with Crippen molar-refractivity contribution in [3.8, 4) is 11.3 Å². The lowest BCUT2D eigenvalue weighted by Gasteiger charge is -2.42. The summed E-state index contributed by atoms with van der Waals surface area (Å²) in [7, 11) is 1.59. The first-order valence-corrected chi connectivity index (χ1v) is 9.09. The lowest BCUT2D eigenvalue weighted by atomic mass is 9.76. The molecule has 2 aromatic heterocycles. The van der Waals surface area contributed by atoms with Gasteiger partial charge in [-0.1, -0.05) is 0 Å². The van der Waals surface area contributed by atoms with E-state index in [2.05, 4.69) is 5.32 Å². The molecule has 2 aromatic rings. The second-order valence-electron chi connectivity index (χ2n) is 6.98. The van der Waals surface area contributed by atoms with Crippen molar-refractivity contribution in [2.45, 2.75) is 38.3 Å². The van der Waals surface area contributed by atoms with Gasteiger partial charge >= 0.3 is 5.97 Å². The summed E-state index contributed by atoms with van der Waals surface area (Å²) in [6.07, 6.45) is 0.299. The molecule has 7 nitrogen and oxygen atoms in total. The molecule has 0 atom stereocenters.